The molecule has 42 heavy (non-hydrogen) atoms. The minimum atomic E-state index is -0.877. The average molecular weight is 614 g/mol. The van der Waals surface area contributed by atoms with Crippen LogP contribution in [0.5, 0.6) is 0 Å². The molecule has 230 valence electrons. The zero-order valence-corrected chi connectivity index (χ0v) is 26.9. The lowest BCUT2D eigenvalue weighted by Crippen LogP contribution is -2.55. The Balaban J connectivity index is 1.46. The van der Waals surface area contributed by atoms with Gasteiger partial charge in [0.1, 0.15) is 6.04 Å². The van der Waals surface area contributed by atoms with E-state index in [-0.39, 0.29) is 28.9 Å². The van der Waals surface area contributed by atoms with Crippen LogP contribution in [-0.4, -0.2) is 51.1 Å². The van der Waals surface area contributed by atoms with E-state index >= 15 is 0 Å². The predicted molar refractivity (Wildman–Crippen MR) is 173 cm³/mol. The Hall–Kier alpha value is -2.22. The molecule has 2 atom stereocenters. The summed E-state index contributed by atoms with van der Waals surface area (Å²) >= 11 is 6.11. The van der Waals surface area contributed by atoms with E-state index in [1.54, 1.807) is 0 Å². The molecular formula is C34H48ClN3O3S. The fraction of sp³-hybridized carbons (Fsp3) is 0.588. The van der Waals surface area contributed by atoms with Gasteiger partial charge in [-0.1, -0.05) is 81.1 Å². The largest absolute Gasteiger partial charge is 0.344 e. The number of aryl methyl sites for hydroxylation is 1. The first kappa shape index (κ1) is 32.7. The number of halogens is 1. The second-order valence-corrected chi connectivity index (χ2v) is 14.9. The summed E-state index contributed by atoms with van der Waals surface area (Å²) in [7, 11) is -0.877. The number of benzene rings is 2. The van der Waals surface area contributed by atoms with Crippen molar-refractivity contribution in [3.8, 4) is 0 Å². The highest BCUT2D eigenvalue weighted by Crippen LogP contribution is 2.46. The Morgan fingerprint density at radius 3 is 2.29 bits per heavy atom. The van der Waals surface area contributed by atoms with Crippen LogP contribution in [0, 0.1) is 11.3 Å². The zero-order chi connectivity index (χ0) is 30.1. The Labute approximate surface area is 259 Å². The van der Waals surface area contributed by atoms with Crippen LogP contribution in [0.4, 0.5) is 0 Å². The van der Waals surface area contributed by atoms with Crippen LogP contribution in [0.2, 0.25) is 5.02 Å². The van der Waals surface area contributed by atoms with Gasteiger partial charge >= 0.3 is 0 Å². The first-order valence-electron chi connectivity index (χ1n) is 15.7. The third kappa shape index (κ3) is 8.67. The quantitative estimate of drug-likeness (QED) is 0.316. The summed E-state index contributed by atoms with van der Waals surface area (Å²) in [6.45, 7) is 5.80. The molecule has 1 saturated heterocycles. The lowest BCUT2D eigenvalue weighted by Gasteiger charge is -2.48. The molecule has 2 aromatic rings. The molecule has 4 rings (SSSR count). The van der Waals surface area contributed by atoms with Crippen LogP contribution >= 0.6 is 11.6 Å². The maximum Gasteiger partial charge on any atom is 0.245 e. The van der Waals surface area contributed by atoms with Gasteiger partial charge in [0.15, 0.2) is 0 Å². The number of nitrogens with one attached hydrogen (secondary N) is 1. The molecule has 6 nitrogen and oxygen atoms in total. The molecule has 3 N–H and O–H groups in total. The van der Waals surface area contributed by atoms with Crippen molar-refractivity contribution in [2.24, 2.45) is 17.1 Å². The maximum atomic E-state index is 14.0. The highest BCUT2D eigenvalue weighted by molar-refractivity contribution is 7.85. The topological polar surface area (TPSA) is 92.5 Å². The van der Waals surface area contributed by atoms with Gasteiger partial charge in [0, 0.05) is 59.3 Å². The zero-order valence-electron chi connectivity index (χ0n) is 25.3. The normalized spacial score (nSPS) is 18.9. The molecule has 0 spiro atoms. The van der Waals surface area contributed by atoms with Crippen molar-refractivity contribution in [1.82, 2.24) is 10.2 Å². The van der Waals surface area contributed by atoms with Crippen molar-refractivity contribution in [1.29, 1.82) is 0 Å². The first-order valence-corrected chi connectivity index (χ1v) is 17.4. The number of nitrogens with two attached hydrogens (primary N) is 1. The number of rotatable bonds is 12. The molecule has 2 fully saturated rings. The van der Waals surface area contributed by atoms with E-state index in [4.69, 9.17) is 17.3 Å². The second-order valence-electron chi connectivity index (χ2n) is 12.5. The highest BCUT2D eigenvalue weighted by Gasteiger charge is 2.44. The molecule has 2 aliphatic rings. The van der Waals surface area contributed by atoms with Gasteiger partial charge in [-0.05, 0) is 72.3 Å². The van der Waals surface area contributed by atoms with E-state index in [1.807, 2.05) is 67.3 Å². The summed E-state index contributed by atoms with van der Waals surface area (Å²) in [5, 5.41) is 3.85. The van der Waals surface area contributed by atoms with Crippen molar-refractivity contribution in [3.05, 3.63) is 70.2 Å². The molecule has 0 aromatic heterocycles. The third-order valence-corrected chi connectivity index (χ3v) is 11.6. The van der Waals surface area contributed by atoms with E-state index in [9.17, 15) is 13.8 Å². The highest BCUT2D eigenvalue weighted by atomic mass is 35.5. The van der Waals surface area contributed by atoms with Gasteiger partial charge in [0.25, 0.3) is 0 Å². The molecule has 1 unspecified atom stereocenters. The van der Waals surface area contributed by atoms with Crippen molar-refractivity contribution in [2.45, 2.75) is 95.9 Å². The summed E-state index contributed by atoms with van der Waals surface area (Å²) in [5.74, 6) is 1.12. The number of nitrogens with zero attached hydrogens (tertiary/aromatic N) is 1. The van der Waals surface area contributed by atoms with E-state index in [0.29, 0.717) is 43.4 Å². The van der Waals surface area contributed by atoms with Gasteiger partial charge in [0.05, 0.1) is 0 Å². The number of likely N-dealkylation sites (tertiary alicyclic amines) is 1. The number of carbonyl (C=O) groups is 2. The number of carbonyl (C=O) groups excluding carboxylic acids is 2. The van der Waals surface area contributed by atoms with Gasteiger partial charge < -0.3 is 16.0 Å². The van der Waals surface area contributed by atoms with Crippen LogP contribution in [0.3, 0.4) is 0 Å². The minimum absolute atomic E-state index is 0.0254. The van der Waals surface area contributed by atoms with Gasteiger partial charge in [-0.15, -0.1) is 0 Å². The van der Waals surface area contributed by atoms with Gasteiger partial charge in [0.2, 0.25) is 11.8 Å². The predicted octanol–water partition coefficient (Wildman–Crippen LogP) is 5.81. The van der Waals surface area contributed by atoms with Crippen LogP contribution in [0.25, 0.3) is 0 Å². The minimum Gasteiger partial charge on any atom is -0.344 e. The van der Waals surface area contributed by atoms with Crippen LogP contribution in [-0.2, 0) is 39.8 Å². The fourth-order valence-electron chi connectivity index (χ4n) is 6.80. The smallest absolute Gasteiger partial charge is 0.245 e. The molecule has 0 radical (unpaired) electrons. The number of piperidine rings is 1. The number of hydrogen-bond donors (Lipinski definition) is 2. The molecule has 0 bridgehead atoms. The maximum absolute atomic E-state index is 14.0. The van der Waals surface area contributed by atoms with Crippen molar-refractivity contribution < 1.29 is 13.8 Å². The summed E-state index contributed by atoms with van der Waals surface area (Å²) < 4.78 is 13.1. The van der Waals surface area contributed by atoms with Gasteiger partial charge in [-0.3, -0.25) is 13.8 Å². The molecule has 2 amide bonds. The van der Waals surface area contributed by atoms with E-state index < -0.39 is 16.8 Å². The summed E-state index contributed by atoms with van der Waals surface area (Å²) in [6, 6.07) is 14.7. The van der Waals surface area contributed by atoms with Crippen LogP contribution in [0.15, 0.2) is 48.5 Å². The standard InChI is InChI=1S/C34H48ClN3O3S/c1-25(2)42(41)24-34(29-10-4-3-5-11-29)18-20-38(21-19-34)33(40)31(22-26-12-15-30(35)16-13-26)37-32(39)17-14-27-8-6-7-9-28(27)23-36/h6-9,12-13,15-16,25,29,31H,3-5,10-11,14,17-24,36H2,1-2H3,(H,37,39)/t31-,42?/m1/s1. The fourth-order valence-corrected chi connectivity index (χ4v) is 8.35. The van der Waals surface area contributed by atoms with E-state index in [1.165, 1.54) is 32.1 Å². The molecule has 1 aliphatic heterocycles. The third-order valence-electron chi connectivity index (χ3n) is 9.44. The Morgan fingerprint density at radius 2 is 1.67 bits per heavy atom. The molecule has 1 heterocycles. The average Bonchev–Trinajstić information content (AvgIpc) is 3.01. The Morgan fingerprint density at radius 1 is 1.02 bits per heavy atom. The van der Waals surface area contributed by atoms with Crippen molar-refractivity contribution in [3.63, 3.8) is 0 Å². The molecule has 1 saturated carbocycles. The van der Waals surface area contributed by atoms with Gasteiger partial charge in [-0.2, -0.15) is 0 Å². The second kappa shape index (κ2) is 15.5. The molecular weight excluding hydrogens is 566 g/mol. The monoisotopic (exact) mass is 613 g/mol. The van der Waals surface area contributed by atoms with Crippen molar-refractivity contribution >= 4 is 34.2 Å². The lowest BCUT2D eigenvalue weighted by molar-refractivity contribution is -0.139. The first-order chi connectivity index (χ1) is 20.2. The molecule has 8 heteroatoms. The lowest BCUT2D eigenvalue weighted by atomic mass is 9.65. The number of amides is 2. The summed E-state index contributed by atoms with van der Waals surface area (Å²) in [4.78, 5) is 29.1. The molecule has 1 aliphatic carbocycles. The van der Waals surface area contributed by atoms with Gasteiger partial charge in [-0.25, -0.2) is 0 Å². The summed E-state index contributed by atoms with van der Waals surface area (Å²) in [6.07, 6.45) is 9.19. The van der Waals surface area contributed by atoms with Crippen molar-refractivity contribution in [2.75, 3.05) is 18.8 Å². The van der Waals surface area contributed by atoms with E-state index in [2.05, 4.69) is 5.32 Å². The number of hydrogen-bond acceptors (Lipinski definition) is 4. The van der Waals surface area contributed by atoms with Crippen LogP contribution < -0.4 is 11.1 Å². The SMILES string of the molecule is CC(C)S(=O)CC1(C2CCCCC2)CCN(C(=O)[C@@H](Cc2ccc(Cl)cc2)NC(=O)CCc2ccccc2CN)CC1. The molecule has 2 aromatic carbocycles. The van der Waals surface area contributed by atoms with Crippen LogP contribution in [0.1, 0.15) is 81.9 Å². The Kier molecular flexibility index (Phi) is 12.1. The Bertz CT molecular complexity index is 1200. The summed E-state index contributed by atoms with van der Waals surface area (Å²) in [5.41, 5.74) is 8.96. The van der Waals surface area contributed by atoms with E-state index in [0.717, 1.165) is 35.3 Å².